The van der Waals surface area contributed by atoms with E-state index in [1.165, 1.54) is 11.3 Å². The Balaban J connectivity index is 1.70. The van der Waals surface area contributed by atoms with Crippen LogP contribution in [-0.4, -0.2) is 98.0 Å². The normalized spacial score (nSPS) is 18.1. The maximum absolute atomic E-state index is 12.9. The van der Waals surface area contributed by atoms with Crippen LogP contribution in [0.4, 0.5) is 16.2 Å². The summed E-state index contributed by atoms with van der Waals surface area (Å²) in [4.78, 5) is 42.0. The highest BCUT2D eigenvalue weighted by Gasteiger charge is 2.28. The quantitative estimate of drug-likeness (QED) is 0.379. The van der Waals surface area contributed by atoms with Crippen LogP contribution in [0.3, 0.4) is 0 Å². The van der Waals surface area contributed by atoms with Gasteiger partial charge in [0.15, 0.2) is 0 Å². The number of esters is 1. The highest BCUT2D eigenvalue weighted by molar-refractivity contribution is 7.08. The Morgan fingerprint density at radius 1 is 1.31 bits per heavy atom. The number of rotatable bonds is 11. The van der Waals surface area contributed by atoms with E-state index >= 15 is 0 Å². The SMILES string of the molecule is CCOC(=O)CNC(=O)N(CCCN1CCOCC1)CC1=CN(c2cscc2N)C(C(=O)O)C=C1. The van der Waals surface area contributed by atoms with Gasteiger partial charge in [0.25, 0.3) is 0 Å². The lowest BCUT2D eigenvalue weighted by molar-refractivity contribution is -0.142. The second kappa shape index (κ2) is 13.1. The lowest BCUT2D eigenvalue weighted by atomic mass is 10.1. The van der Waals surface area contributed by atoms with Gasteiger partial charge in [0, 0.05) is 49.7 Å². The van der Waals surface area contributed by atoms with Crippen LogP contribution in [-0.2, 0) is 19.1 Å². The first-order chi connectivity index (χ1) is 16.9. The zero-order valence-corrected chi connectivity index (χ0v) is 20.7. The topological polar surface area (TPSA) is 138 Å². The number of carbonyl (C=O) groups is 3. The van der Waals surface area contributed by atoms with Gasteiger partial charge in [0.1, 0.15) is 12.6 Å². The van der Waals surface area contributed by atoms with Crippen molar-refractivity contribution in [1.29, 1.82) is 0 Å². The molecule has 3 rings (SSSR count). The van der Waals surface area contributed by atoms with Crippen LogP contribution in [0.5, 0.6) is 0 Å². The Hall–Kier alpha value is -3.09. The molecule has 1 unspecified atom stereocenters. The van der Waals surface area contributed by atoms with E-state index in [0.717, 1.165) is 31.6 Å². The molecule has 1 fully saturated rings. The molecule has 0 aliphatic carbocycles. The molecule has 0 saturated carbocycles. The van der Waals surface area contributed by atoms with Gasteiger partial charge in [-0.25, -0.2) is 9.59 Å². The van der Waals surface area contributed by atoms with Crippen molar-refractivity contribution in [2.24, 2.45) is 0 Å². The Kier molecular flexibility index (Phi) is 9.94. The summed E-state index contributed by atoms with van der Waals surface area (Å²) >= 11 is 1.39. The number of nitrogens with zero attached hydrogens (tertiary/aromatic N) is 3. The number of amides is 2. The summed E-state index contributed by atoms with van der Waals surface area (Å²) < 4.78 is 10.3. The molecule has 3 heterocycles. The molecule has 1 atom stereocenters. The lowest BCUT2D eigenvalue weighted by Gasteiger charge is -2.31. The van der Waals surface area contributed by atoms with Crippen molar-refractivity contribution in [3.63, 3.8) is 0 Å². The number of morpholine rings is 1. The van der Waals surface area contributed by atoms with Crippen LogP contribution >= 0.6 is 11.3 Å². The van der Waals surface area contributed by atoms with E-state index in [2.05, 4.69) is 10.2 Å². The molecule has 1 saturated heterocycles. The minimum atomic E-state index is -1.00. The average molecular weight is 508 g/mol. The summed E-state index contributed by atoms with van der Waals surface area (Å²) in [6.07, 6.45) is 5.75. The van der Waals surface area contributed by atoms with E-state index in [0.29, 0.717) is 31.1 Å². The zero-order chi connectivity index (χ0) is 25.2. The predicted molar refractivity (Wildman–Crippen MR) is 133 cm³/mol. The summed E-state index contributed by atoms with van der Waals surface area (Å²) in [5, 5.41) is 15.8. The number of nitrogens with two attached hydrogens (primary N) is 1. The van der Waals surface area contributed by atoms with E-state index in [-0.39, 0.29) is 19.7 Å². The fourth-order valence-corrected chi connectivity index (χ4v) is 4.61. The molecular formula is C23H33N5O6S. The van der Waals surface area contributed by atoms with Gasteiger partial charge in [0.2, 0.25) is 0 Å². The number of thiophene rings is 1. The summed E-state index contributed by atoms with van der Waals surface area (Å²) in [6.45, 7) is 6.35. The second-order valence-electron chi connectivity index (χ2n) is 8.16. The number of hydrogen-bond donors (Lipinski definition) is 3. The number of carboxylic acid groups (broad SMARTS) is 1. The molecule has 0 bridgehead atoms. The van der Waals surface area contributed by atoms with Crippen molar-refractivity contribution in [2.75, 3.05) is 69.7 Å². The number of urea groups is 1. The highest BCUT2D eigenvalue weighted by Crippen LogP contribution is 2.32. The summed E-state index contributed by atoms with van der Waals surface area (Å²) in [5.74, 6) is -1.51. The van der Waals surface area contributed by atoms with Crippen LogP contribution < -0.4 is 16.0 Å². The molecular weight excluding hydrogens is 474 g/mol. The average Bonchev–Trinajstić information content (AvgIpc) is 3.28. The van der Waals surface area contributed by atoms with Crippen molar-refractivity contribution >= 4 is 40.7 Å². The van der Waals surface area contributed by atoms with Crippen molar-refractivity contribution in [3.8, 4) is 0 Å². The standard InChI is InChI=1S/C23H33N5O6S/c1-2-34-21(29)12-25-23(32)27(7-3-6-26-8-10-33-11-9-26)13-17-4-5-19(22(30)31)28(14-17)20-16-35-15-18(20)24/h4-5,14-16,19H,2-3,6-13,24H2,1H3,(H,25,32)(H,30,31). The van der Waals surface area contributed by atoms with E-state index in [1.54, 1.807) is 45.8 Å². The van der Waals surface area contributed by atoms with Crippen LogP contribution in [0.15, 0.2) is 34.7 Å². The van der Waals surface area contributed by atoms with Gasteiger partial charge in [-0.3, -0.25) is 9.69 Å². The van der Waals surface area contributed by atoms with Crippen LogP contribution in [0.25, 0.3) is 0 Å². The van der Waals surface area contributed by atoms with Crippen molar-refractivity contribution in [3.05, 3.63) is 34.7 Å². The number of ether oxygens (including phenoxy) is 2. The first kappa shape index (κ1) is 26.5. The molecule has 2 amide bonds. The summed E-state index contributed by atoms with van der Waals surface area (Å²) in [7, 11) is 0. The second-order valence-corrected chi connectivity index (χ2v) is 8.90. The van der Waals surface area contributed by atoms with Crippen LogP contribution in [0.2, 0.25) is 0 Å². The fourth-order valence-electron chi connectivity index (χ4n) is 3.89. The number of nitrogen functional groups attached to an aromatic ring is 1. The van der Waals surface area contributed by atoms with Crippen molar-refractivity contribution < 1.29 is 29.0 Å². The third-order valence-corrected chi connectivity index (χ3v) is 6.40. The smallest absolute Gasteiger partial charge is 0.330 e. The molecule has 12 heteroatoms. The minimum Gasteiger partial charge on any atom is -0.479 e. The molecule has 192 valence electrons. The van der Waals surface area contributed by atoms with Crippen molar-refractivity contribution in [1.82, 2.24) is 15.1 Å². The molecule has 1 aromatic rings. The first-order valence-electron chi connectivity index (χ1n) is 11.6. The van der Waals surface area contributed by atoms with Gasteiger partial charge in [-0.15, -0.1) is 11.3 Å². The Morgan fingerprint density at radius 2 is 2.09 bits per heavy atom. The molecule has 1 aromatic heterocycles. The van der Waals surface area contributed by atoms with E-state index in [4.69, 9.17) is 15.2 Å². The molecule has 0 aromatic carbocycles. The van der Waals surface area contributed by atoms with Gasteiger partial charge in [-0.05, 0) is 18.9 Å². The maximum atomic E-state index is 12.9. The number of carboxylic acids is 1. The molecule has 11 nitrogen and oxygen atoms in total. The third-order valence-electron chi connectivity index (χ3n) is 5.65. The van der Waals surface area contributed by atoms with Crippen LogP contribution in [0.1, 0.15) is 13.3 Å². The highest BCUT2D eigenvalue weighted by atomic mass is 32.1. The number of nitrogens with one attached hydrogen (secondary N) is 1. The Labute approximate surface area is 208 Å². The molecule has 0 radical (unpaired) electrons. The lowest BCUT2D eigenvalue weighted by Crippen LogP contribution is -2.45. The monoisotopic (exact) mass is 507 g/mol. The molecule has 4 N–H and O–H groups in total. The number of hydrogen-bond acceptors (Lipinski definition) is 9. The van der Waals surface area contributed by atoms with E-state index < -0.39 is 24.0 Å². The summed E-state index contributed by atoms with van der Waals surface area (Å²) in [6, 6.07) is -1.29. The minimum absolute atomic E-state index is 0.222. The van der Waals surface area contributed by atoms with Crippen molar-refractivity contribution in [2.45, 2.75) is 19.4 Å². The maximum Gasteiger partial charge on any atom is 0.330 e. The molecule has 0 spiro atoms. The van der Waals surface area contributed by atoms with Gasteiger partial charge in [-0.1, -0.05) is 12.2 Å². The molecule has 2 aliphatic heterocycles. The first-order valence-corrected chi connectivity index (χ1v) is 12.5. The zero-order valence-electron chi connectivity index (χ0n) is 19.9. The predicted octanol–water partition coefficient (Wildman–Crippen LogP) is 1.34. The van der Waals surface area contributed by atoms with E-state index in [1.807, 2.05) is 0 Å². The molecule has 2 aliphatic rings. The van der Waals surface area contributed by atoms with Gasteiger partial charge >= 0.3 is 18.0 Å². The fraction of sp³-hybridized carbons (Fsp3) is 0.522. The van der Waals surface area contributed by atoms with Crippen LogP contribution in [0, 0.1) is 0 Å². The largest absolute Gasteiger partial charge is 0.479 e. The number of carbonyl (C=O) groups excluding carboxylic acids is 2. The van der Waals surface area contributed by atoms with Gasteiger partial charge < -0.3 is 35.4 Å². The molecule has 35 heavy (non-hydrogen) atoms. The van der Waals surface area contributed by atoms with Gasteiger partial charge in [0.05, 0.1) is 31.2 Å². The van der Waals surface area contributed by atoms with Gasteiger partial charge in [-0.2, -0.15) is 0 Å². The Bertz CT molecular complexity index is 943. The Morgan fingerprint density at radius 3 is 2.74 bits per heavy atom. The third kappa shape index (κ3) is 7.70. The van der Waals surface area contributed by atoms with E-state index in [9.17, 15) is 19.5 Å². The summed E-state index contributed by atoms with van der Waals surface area (Å²) in [5.41, 5.74) is 7.88. The number of aliphatic carboxylic acids is 1. The number of anilines is 2.